The molecule has 0 aliphatic carbocycles. The number of nitrogens with zero attached hydrogens (tertiary/aromatic N) is 1. The lowest BCUT2D eigenvalue weighted by Gasteiger charge is -2.16. The number of sulfonamides is 1. The third-order valence-corrected chi connectivity index (χ3v) is 5.89. The molecule has 1 heterocycles. The van der Waals surface area contributed by atoms with Crippen LogP contribution >= 0.6 is 0 Å². The molecule has 0 saturated carbocycles. The minimum absolute atomic E-state index is 0.171. The number of hydrogen-bond acceptors (Lipinski definition) is 3. The van der Waals surface area contributed by atoms with Crippen molar-refractivity contribution in [2.45, 2.75) is 13.0 Å². The summed E-state index contributed by atoms with van der Waals surface area (Å²) in [6.07, 6.45) is 3.85. The molecule has 0 bridgehead atoms. The molecule has 1 fully saturated rings. The normalized spacial score (nSPS) is 16.2. The first kappa shape index (κ1) is 17.2. The lowest BCUT2D eigenvalue weighted by atomic mass is 10.2. The summed E-state index contributed by atoms with van der Waals surface area (Å²) < 4.78 is 25.3. The Labute approximate surface area is 148 Å². The van der Waals surface area contributed by atoms with E-state index >= 15 is 0 Å². The van der Waals surface area contributed by atoms with E-state index in [1.807, 2.05) is 42.5 Å². The van der Waals surface area contributed by atoms with E-state index in [1.54, 1.807) is 18.2 Å². The van der Waals surface area contributed by atoms with E-state index in [1.165, 1.54) is 10.4 Å². The Kier molecular flexibility index (Phi) is 5.19. The average molecular weight is 356 g/mol. The average Bonchev–Trinajstić information content (AvgIpc) is 2.98. The Morgan fingerprint density at radius 1 is 1.08 bits per heavy atom. The molecule has 0 atom stereocenters. The van der Waals surface area contributed by atoms with Crippen molar-refractivity contribution in [3.63, 3.8) is 0 Å². The van der Waals surface area contributed by atoms with Crippen LogP contribution in [-0.2, 0) is 21.4 Å². The van der Waals surface area contributed by atoms with Gasteiger partial charge in [0.15, 0.2) is 0 Å². The first-order valence-corrected chi connectivity index (χ1v) is 9.76. The molecule has 130 valence electrons. The van der Waals surface area contributed by atoms with Gasteiger partial charge in [-0.1, -0.05) is 42.5 Å². The van der Waals surface area contributed by atoms with Gasteiger partial charge in [-0.05, 0) is 35.8 Å². The van der Waals surface area contributed by atoms with Gasteiger partial charge in [0.05, 0.1) is 11.4 Å². The van der Waals surface area contributed by atoms with Gasteiger partial charge in [-0.15, -0.1) is 0 Å². The third kappa shape index (κ3) is 4.48. The van der Waals surface area contributed by atoms with E-state index in [9.17, 15) is 13.2 Å². The second-order valence-electron chi connectivity index (χ2n) is 5.87. The second-order valence-corrected chi connectivity index (χ2v) is 7.88. The number of benzene rings is 2. The molecule has 1 amide bonds. The molecule has 1 N–H and O–H groups in total. The molecule has 0 radical (unpaired) electrons. The van der Waals surface area contributed by atoms with Crippen LogP contribution in [-0.4, -0.2) is 26.6 Å². The minimum atomic E-state index is -3.16. The number of carbonyl (C=O) groups excluding carboxylic acids is 1. The van der Waals surface area contributed by atoms with Crippen LogP contribution in [0.4, 0.5) is 5.69 Å². The number of nitrogens with one attached hydrogen (secondary N) is 1. The van der Waals surface area contributed by atoms with Crippen molar-refractivity contribution in [3.05, 3.63) is 71.8 Å². The van der Waals surface area contributed by atoms with Gasteiger partial charge in [-0.25, -0.2) is 8.42 Å². The van der Waals surface area contributed by atoms with Crippen molar-refractivity contribution < 1.29 is 13.2 Å². The predicted molar refractivity (Wildman–Crippen MR) is 99.5 cm³/mol. The van der Waals surface area contributed by atoms with Gasteiger partial charge >= 0.3 is 0 Å². The molecule has 1 aliphatic heterocycles. The van der Waals surface area contributed by atoms with E-state index in [-0.39, 0.29) is 11.7 Å². The van der Waals surface area contributed by atoms with Crippen molar-refractivity contribution >= 4 is 27.7 Å². The summed E-state index contributed by atoms with van der Waals surface area (Å²) in [6.45, 7) is 1.01. The number of anilines is 1. The van der Waals surface area contributed by atoms with E-state index in [4.69, 9.17) is 0 Å². The van der Waals surface area contributed by atoms with Gasteiger partial charge in [0, 0.05) is 19.2 Å². The molecule has 6 heteroatoms. The smallest absolute Gasteiger partial charge is 0.244 e. The molecular formula is C19H20N2O3S. The minimum Gasteiger partial charge on any atom is -0.348 e. The topological polar surface area (TPSA) is 66.5 Å². The van der Waals surface area contributed by atoms with Gasteiger partial charge in [-0.2, -0.15) is 0 Å². The first-order chi connectivity index (χ1) is 12.0. The largest absolute Gasteiger partial charge is 0.348 e. The van der Waals surface area contributed by atoms with Crippen LogP contribution in [0.2, 0.25) is 0 Å². The summed E-state index contributed by atoms with van der Waals surface area (Å²) in [6, 6.07) is 16.9. The Hall–Kier alpha value is -2.60. The molecule has 3 rings (SSSR count). The van der Waals surface area contributed by atoms with Crippen LogP contribution < -0.4 is 9.62 Å². The lowest BCUT2D eigenvalue weighted by Crippen LogP contribution is -2.24. The standard InChI is InChI=1S/C19H20N2O3S/c22-19(20-15-17-5-2-1-3-6-17)12-9-16-7-10-18(11-8-16)21-13-4-14-25(21,23)24/h1-3,5-12H,4,13-15H2,(H,20,22)/b12-9+. The molecule has 1 aliphatic rings. The zero-order chi connectivity index (χ0) is 17.7. The lowest BCUT2D eigenvalue weighted by molar-refractivity contribution is -0.116. The monoisotopic (exact) mass is 356 g/mol. The van der Waals surface area contributed by atoms with Gasteiger partial charge < -0.3 is 5.32 Å². The fraction of sp³-hybridized carbons (Fsp3) is 0.211. The van der Waals surface area contributed by atoms with Crippen LogP contribution in [0.1, 0.15) is 17.5 Å². The second kappa shape index (κ2) is 7.53. The van der Waals surface area contributed by atoms with Crippen molar-refractivity contribution in [1.29, 1.82) is 0 Å². The van der Waals surface area contributed by atoms with Crippen LogP contribution in [0.3, 0.4) is 0 Å². The van der Waals surface area contributed by atoms with Gasteiger partial charge in [0.2, 0.25) is 15.9 Å². The number of carbonyl (C=O) groups is 1. The summed E-state index contributed by atoms with van der Waals surface area (Å²) in [5.74, 6) is 0.0334. The van der Waals surface area contributed by atoms with Crippen LogP contribution in [0.15, 0.2) is 60.7 Å². The quantitative estimate of drug-likeness (QED) is 0.838. The van der Waals surface area contributed by atoms with E-state index in [0.717, 1.165) is 11.1 Å². The first-order valence-electron chi connectivity index (χ1n) is 8.15. The Morgan fingerprint density at radius 3 is 2.44 bits per heavy atom. The van der Waals surface area contributed by atoms with Gasteiger partial charge in [0.1, 0.15) is 0 Å². The maximum atomic E-state index is 11.9. The molecule has 0 unspecified atom stereocenters. The number of rotatable bonds is 5. The van der Waals surface area contributed by atoms with E-state index < -0.39 is 10.0 Å². The van der Waals surface area contributed by atoms with Crippen molar-refractivity contribution in [2.75, 3.05) is 16.6 Å². The van der Waals surface area contributed by atoms with E-state index in [0.29, 0.717) is 25.2 Å². The van der Waals surface area contributed by atoms with Crippen LogP contribution in [0.25, 0.3) is 6.08 Å². The zero-order valence-corrected chi connectivity index (χ0v) is 14.6. The molecular weight excluding hydrogens is 336 g/mol. The highest BCUT2D eigenvalue weighted by atomic mass is 32.2. The van der Waals surface area contributed by atoms with Crippen molar-refractivity contribution in [1.82, 2.24) is 5.32 Å². The van der Waals surface area contributed by atoms with Gasteiger partial charge in [-0.3, -0.25) is 9.10 Å². The molecule has 5 nitrogen and oxygen atoms in total. The number of amides is 1. The summed E-state index contributed by atoms with van der Waals surface area (Å²) >= 11 is 0. The predicted octanol–water partition coefficient (Wildman–Crippen LogP) is 2.56. The highest BCUT2D eigenvalue weighted by Crippen LogP contribution is 2.24. The Morgan fingerprint density at radius 2 is 1.80 bits per heavy atom. The van der Waals surface area contributed by atoms with E-state index in [2.05, 4.69) is 5.32 Å². The van der Waals surface area contributed by atoms with Crippen LogP contribution in [0.5, 0.6) is 0 Å². The molecule has 2 aromatic rings. The molecule has 2 aromatic carbocycles. The maximum Gasteiger partial charge on any atom is 0.244 e. The fourth-order valence-electron chi connectivity index (χ4n) is 2.70. The fourth-order valence-corrected chi connectivity index (χ4v) is 4.26. The van der Waals surface area contributed by atoms with Gasteiger partial charge in [0.25, 0.3) is 0 Å². The summed E-state index contributed by atoms with van der Waals surface area (Å²) in [7, 11) is -3.16. The SMILES string of the molecule is O=C(/C=C/c1ccc(N2CCCS2(=O)=O)cc1)NCc1ccccc1. The van der Waals surface area contributed by atoms with Crippen LogP contribution in [0, 0.1) is 0 Å². The van der Waals surface area contributed by atoms with Crippen molar-refractivity contribution in [3.8, 4) is 0 Å². The zero-order valence-electron chi connectivity index (χ0n) is 13.8. The summed E-state index contributed by atoms with van der Waals surface area (Å²) in [5, 5.41) is 2.82. The maximum absolute atomic E-state index is 11.9. The summed E-state index contributed by atoms with van der Waals surface area (Å²) in [4.78, 5) is 11.9. The molecule has 25 heavy (non-hydrogen) atoms. The molecule has 0 spiro atoms. The molecule has 1 saturated heterocycles. The third-order valence-electron chi connectivity index (χ3n) is 4.02. The van der Waals surface area contributed by atoms with Crippen molar-refractivity contribution in [2.24, 2.45) is 0 Å². The number of hydrogen-bond donors (Lipinski definition) is 1. The summed E-state index contributed by atoms with van der Waals surface area (Å²) in [5.41, 5.74) is 2.55. The highest BCUT2D eigenvalue weighted by molar-refractivity contribution is 7.93. The Bertz CT molecular complexity index is 859. The highest BCUT2D eigenvalue weighted by Gasteiger charge is 2.28. The Balaban J connectivity index is 1.57. The molecule has 0 aromatic heterocycles.